The number of halogens is 2. The second-order valence-corrected chi connectivity index (χ2v) is 22.1. The number of carbonyl (C=O) groups is 4. The molecule has 2 amide bonds. The molecule has 0 radical (unpaired) electrons. The Kier molecular flexibility index (Phi) is 15.6. The number of piperidine rings is 2. The van der Waals surface area contributed by atoms with E-state index in [0.29, 0.717) is 67.3 Å². The molecule has 4 saturated heterocycles. The summed E-state index contributed by atoms with van der Waals surface area (Å²) in [4.78, 5) is 82.7. The van der Waals surface area contributed by atoms with Crippen molar-refractivity contribution in [3.8, 4) is 22.3 Å². The van der Waals surface area contributed by atoms with Crippen molar-refractivity contribution >= 4 is 45.8 Å². The van der Waals surface area contributed by atoms with E-state index in [0.717, 1.165) is 104 Å². The maximum atomic E-state index is 14.5. The standard InChI is InChI=1S/C31H36FN7O3.C29H32FN7O3/c1-4-14-42-30(41)25-16-35-28-23(6-11-34-28)26(25)21-15-36-39(17-21)31(5-2)18-38(19-31)22-8-12-37(13-9-22)29(40)24-7-10-33-20(3)27(24)32;1-4-29(37-15-19(13-34-37)24-21-5-10-32-26(21)33-14-23(24)28(39)40-3)16-36(17-29)20-7-11-35(12-8-20)27(38)22-6-9-31-18(2)25(22)30/h6-7,10-11,15-17,22H,4-5,8-9,12-14,18-19H2,1-3H3,(H,34,35);5-6,9-10,13-15,20H,4,7-8,11-12,16-17H2,1-3H3,(H,32,33). The van der Waals surface area contributed by atoms with Crippen LogP contribution in [0.2, 0.25) is 0 Å². The molecule has 8 aromatic heterocycles. The number of aromatic amines is 2. The fourth-order valence-electron chi connectivity index (χ4n) is 12.4. The van der Waals surface area contributed by atoms with Gasteiger partial charge in [0.25, 0.3) is 11.8 Å². The van der Waals surface area contributed by atoms with Gasteiger partial charge in [0.05, 0.1) is 70.8 Å². The third-order valence-electron chi connectivity index (χ3n) is 17.4. The molecule has 0 bridgehead atoms. The zero-order valence-electron chi connectivity index (χ0n) is 47.1. The molecule has 0 aliphatic carbocycles. The Balaban J connectivity index is 0.000000172. The molecular formula is C60H68F2N14O6. The Labute approximate surface area is 473 Å². The van der Waals surface area contributed by atoms with Crippen molar-refractivity contribution < 1.29 is 37.4 Å². The van der Waals surface area contributed by atoms with E-state index in [9.17, 15) is 28.0 Å². The van der Waals surface area contributed by atoms with Crippen LogP contribution in [0.15, 0.2) is 86.2 Å². The fraction of sp³-hybridized carbons (Fsp3) is 0.433. The number of likely N-dealkylation sites (tertiary alicyclic amines) is 4. The van der Waals surface area contributed by atoms with Crippen LogP contribution < -0.4 is 0 Å². The number of nitrogens with zero attached hydrogens (tertiary/aromatic N) is 12. The molecule has 2 N–H and O–H groups in total. The lowest BCUT2D eigenvalue weighted by molar-refractivity contribution is -0.0458. The number of nitrogens with one attached hydrogen (secondary N) is 2. The van der Waals surface area contributed by atoms with Crippen LogP contribution in [-0.4, -0.2) is 171 Å². The molecule has 20 nitrogen and oxygen atoms in total. The zero-order valence-corrected chi connectivity index (χ0v) is 47.1. The molecule has 428 valence electrons. The minimum absolute atomic E-state index is 0.0934. The van der Waals surface area contributed by atoms with Gasteiger partial charge in [0.1, 0.15) is 11.3 Å². The molecule has 4 aliphatic heterocycles. The number of aryl methyl sites for hydroxylation is 2. The third kappa shape index (κ3) is 10.2. The molecule has 0 atom stereocenters. The summed E-state index contributed by atoms with van der Waals surface area (Å²) in [7, 11) is 1.37. The van der Waals surface area contributed by atoms with Gasteiger partial charge < -0.3 is 29.2 Å². The summed E-state index contributed by atoms with van der Waals surface area (Å²) in [5.41, 5.74) is 5.80. The smallest absolute Gasteiger partial charge is 0.340 e. The number of hydrogen-bond donors (Lipinski definition) is 2. The predicted octanol–water partition coefficient (Wildman–Crippen LogP) is 8.34. The van der Waals surface area contributed by atoms with Gasteiger partial charge >= 0.3 is 11.9 Å². The van der Waals surface area contributed by atoms with Crippen molar-refractivity contribution in [1.29, 1.82) is 0 Å². The van der Waals surface area contributed by atoms with E-state index in [1.165, 1.54) is 31.6 Å². The number of aromatic nitrogens is 10. The van der Waals surface area contributed by atoms with Crippen molar-refractivity contribution in [2.45, 2.75) is 103 Å². The molecule has 4 aliphatic rings. The van der Waals surface area contributed by atoms with Crippen molar-refractivity contribution in [3.63, 3.8) is 0 Å². The zero-order chi connectivity index (χ0) is 57.5. The molecule has 12 rings (SSSR count). The molecular weight excluding hydrogens is 1050 g/mol. The number of amides is 2. The lowest BCUT2D eigenvalue weighted by Crippen LogP contribution is -2.66. The first-order chi connectivity index (χ1) is 39.7. The van der Waals surface area contributed by atoms with Gasteiger partial charge in [-0.1, -0.05) is 20.8 Å². The average molecular weight is 1120 g/mol. The maximum Gasteiger partial charge on any atom is 0.340 e. The van der Waals surface area contributed by atoms with Crippen LogP contribution in [0.4, 0.5) is 8.78 Å². The monoisotopic (exact) mass is 1120 g/mol. The van der Waals surface area contributed by atoms with Crippen molar-refractivity contribution in [2.24, 2.45) is 0 Å². The van der Waals surface area contributed by atoms with Gasteiger partial charge in [-0.2, -0.15) is 10.2 Å². The quantitative estimate of drug-likeness (QED) is 0.0979. The summed E-state index contributed by atoms with van der Waals surface area (Å²) in [6.07, 6.45) is 23.3. The summed E-state index contributed by atoms with van der Waals surface area (Å²) >= 11 is 0. The number of esters is 2. The highest BCUT2D eigenvalue weighted by atomic mass is 19.1. The van der Waals surface area contributed by atoms with Gasteiger partial charge in [0.2, 0.25) is 0 Å². The second kappa shape index (κ2) is 23.0. The minimum Gasteiger partial charge on any atom is -0.465 e. The molecule has 0 spiro atoms. The summed E-state index contributed by atoms with van der Waals surface area (Å²) in [6.45, 7) is 15.6. The Morgan fingerprint density at radius 3 is 1.43 bits per heavy atom. The normalized spacial score (nSPS) is 17.5. The molecule has 8 aromatic rings. The fourth-order valence-corrected chi connectivity index (χ4v) is 12.4. The first kappa shape index (κ1) is 55.7. The van der Waals surface area contributed by atoms with Crippen LogP contribution in [0, 0.1) is 25.5 Å². The lowest BCUT2D eigenvalue weighted by atomic mass is 9.84. The maximum absolute atomic E-state index is 14.5. The summed E-state index contributed by atoms with van der Waals surface area (Å²) in [5.74, 6) is -2.43. The Morgan fingerprint density at radius 2 is 1.02 bits per heavy atom. The van der Waals surface area contributed by atoms with Crippen molar-refractivity contribution in [3.05, 3.63) is 132 Å². The summed E-state index contributed by atoms with van der Waals surface area (Å²) in [5, 5.41) is 11.2. The van der Waals surface area contributed by atoms with Gasteiger partial charge in [0.15, 0.2) is 11.6 Å². The topological polar surface area (TPSA) is 218 Å². The number of carbonyl (C=O) groups excluding carboxylic acids is 4. The van der Waals surface area contributed by atoms with Crippen molar-refractivity contribution in [2.75, 3.05) is 66.1 Å². The van der Waals surface area contributed by atoms with Gasteiger partial charge in [-0.25, -0.2) is 28.3 Å². The number of ether oxygens (including phenoxy) is 2. The number of rotatable bonds is 14. The Hall–Kier alpha value is -8.24. The summed E-state index contributed by atoms with van der Waals surface area (Å²) in [6, 6.07) is 7.46. The Bertz CT molecular complexity index is 3670. The molecule has 0 unspecified atom stereocenters. The van der Waals surface area contributed by atoms with Crippen LogP contribution in [0.3, 0.4) is 0 Å². The lowest BCUT2D eigenvalue weighted by Gasteiger charge is -2.54. The minimum atomic E-state index is -0.536. The van der Waals surface area contributed by atoms with E-state index in [2.05, 4.69) is 53.6 Å². The SMILES string of the molecule is CCC1(n2cc(-c3c(C(=O)OC)cnc4[nH]ccc34)cn2)CN(C2CCN(C(=O)c3ccnc(C)c3F)CC2)C1.CCCOC(=O)c1cnc2[nH]ccc2c1-c1cnn(C2(CC)CN(C3CCN(C(=O)c4ccnc(C)c4F)CC3)C2)c1. The summed E-state index contributed by atoms with van der Waals surface area (Å²) < 4.78 is 43.5. The highest BCUT2D eigenvalue weighted by molar-refractivity contribution is 6.07. The first-order valence-electron chi connectivity index (χ1n) is 28.3. The number of H-pyrrole nitrogens is 2. The van der Waals surface area contributed by atoms with E-state index in [-0.39, 0.29) is 51.4 Å². The molecule has 12 heterocycles. The number of hydrogen-bond acceptors (Lipinski definition) is 14. The van der Waals surface area contributed by atoms with E-state index in [1.54, 1.807) is 48.4 Å². The van der Waals surface area contributed by atoms with Gasteiger partial charge in [-0.15, -0.1) is 0 Å². The number of methoxy groups -OCH3 is 1. The van der Waals surface area contributed by atoms with Gasteiger partial charge in [-0.3, -0.25) is 38.7 Å². The Morgan fingerprint density at radius 1 is 0.598 bits per heavy atom. The second-order valence-electron chi connectivity index (χ2n) is 22.1. The largest absolute Gasteiger partial charge is 0.465 e. The van der Waals surface area contributed by atoms with Crippen LogP contribution in [0.1, 0.15) is 119 Å². The van der Waals surface area contributed by atoms with Crippen LogP contribution in [0.25, 0.3) is 44.3 Å². The van der Waals surface area contributed by atoms with Crippen LogP contribution >= 0.6 is 0 Å². The molecule has 0 aromatic carbocycles. The first-order valence-corrected chi connectivity index (χ1v) is 28.3. The van der Waals surface area contributed by atoms with Crippen molar-refractivity contribution in [1.82, 2.24) is 69.1 Å². The molecule has 82 heavy (non-hydrogen) atoms. The number of fused-ring (bicyclic) bond motifs is 2. The van der Waals surface area contributed by atoms with Crippen LogP contribution in [-0.2, 0) is 20.6 Å². The van der Waals surface area contributed by atoms with Crippen LogP contribution in [0.5, 0.6) is 0 Å². The van der Waals surface area contributed by atoms with E-state index in [4.69, 9.17) is 19.7 Å². The predicted molar refractivity (Wildman–Crippen MR) is 302 cm³/mol. The average Bonchev–Trinajstić information content (AvgIpc) is 4.49. The molecule has 0 saturated carbocycles. The third-order valence-corrected chi connectivity index (χ3v) is 17.4. The highest BCUT2D eigenvalue weighted by Crippen LogP contribution is 2.41. The van der Waals surface area contributed by atoms with Gasteiger partial charge in [0, 0.05) is 147 Å². The van der Waals surface area contributed by atoms with E-state index >= 15 is 0 Å². The highest BCUT2D eigenvalue weighted by Gasteiger charge is 2.49. The van der Waals surface area contributed by atoms with Gasteiger partial charge in [-0.05, 0) is 83.1 Å². The number of pyridine rings is 4. The molecule has 4 fully saturated rings. The van der Waals surface area contributed by atoms with E-state index in [1.807, 2.05) is 53.2 Å². The van der Waals surface area contributed by atoms with E-state index < -0.39 is 17.6 Å². The molecule has 22 heteroatoms.